The normalized spacial score (nSPS) is 13.5. The van der Waals surface area contributed by atoms with Gasteiger partial charge in [-0.2, -0.15) is 5.10 Å². The van der Waals surface area contributed by atoms with Crippen molar-refractivity contribution in [3.63, 3.8) is 0 Å². The molecule has 0 bridgehead atoms. The molecule has 1 aromatic heterocycles. The lowest BCUT2D eigenvalue weighted by molar-refractivity contribution is 0.180. The Labute approximate surface area is 114 Å². The Balaban J connectivity index is 2.48. The molecule has 0 saturated heterocycles. The van der Waals surface area contributed by atoms with Crippen LogP contribution < -0.4 is 0 Å². The Kier molecular flexibility index (Phi) is 6.60. The van der Waals surface area contributed by atoms with Crippen LogP contribution in [0.3, 0.4) is 0 Å². The highest BCUT2D eigenvalue weighted by Crippen LogP contribution is 2.06. The molecular formula is C12H23ClN4O. The SMILES string of the molecule is COCC(Cl)CN(C)Cc1ncnn1CC(C)C. The monoisotopic (exact) mass is 274 g/mol. The Bertz CT molecular complexity index is 343. The topological polar surface area (TPSA) is 43.2 Å². The minimum absolute atomic E-state index is 0.00136. The molecule has 1 unspecified atom stereocenters. The number of hydrogen-bond donors (Lipinski definition) is 0. The number of ether oxygens (including phenoxy) is 1. The van der Waals surface area contributed by atoms with Crippen LogP contribution in [-0.4, -0.2) is 52.4 Å². The van der Waals surface area contributed by atoms with Crippen LogP contribution in [-0.2, 0) is 17.8 Å². The van der Waals surface area contributed by atoms with Crippen molar-refractivity contribution in [3.8, 4) is 0 Å². The first-order chi connectivity index (χ1) is 8.52. The third-order valence-electron chi connectivity index (χ3n) is 2.50. The standard InChI is InChI=1S/C12H23ClN4O/c1-10(2)5-17-12(14-9-15-17)7-16(3)6-11(13)8-18-4/h9-11H,5-8H2,1-4H3. The van der Waals surface area contributed by atoms with Crippen molar-refractivity contribution in [1.29, 1.82) is 0 Å². The summed E-state index contributed by atoms with van der Waals surface area (Å²) in [4.78, 5) is 6.43. The second-order valence-corrected chi connectivity index (χ2v) is 5.62. The summed E-state index contributed by atoms with van der Waals surface area (Å²) in [5.74, 6) is 1.54. The fraction of sp³-hybridized carbons (Fsp3) is 0.833. The van der Waals surface area contributed by atoms with Crippen molar-refractivity contribution >= 4 is 11.6 Å². The average molecular weight is 275 g/mol. The molecule has 0 aliphatic rings. The van der Waals surface area contributed by atoms with E-state index in [1.807, 2.05) is 11.7 Å². The number of rotatable bonds is 8. The van der Waals surface area contributed by atoms with Crippen molar-refractivity contribution < 1.29 is 4.74 Å². The van der Waals surface area contributed by atoms with Crippen LogP contribution in [0.1, 0.15) is 19.7 Å². The summed E-state index contributed by atoms with van der Waals surface area (Å²) in [6.45, 7) is 7.31. The van der Waals surface area contributed by atoms with Gasteiger partial charge in [0.25, 0.3) is 0 Å². The number of alkyl halides is 1. The molecule has 1 heterocycles. The molecule has 1 aromatic rings. The maximum absolute atomic E-state index is 6.13. The molecule has 0 N–H and O–H groups in total. The number of halogens is 1. The molecule has 0 fully saturated rings. The molecular weight excluding hydrogens is 252 g/mol. The summed E-state index contributed by atoms with van der Waals surface area (Å²) < 4.78 is 6.98. The number of methoxy groups -OCH3 is 1. The van der Waals surface area contributed by atoms with E-state index in [0.29, 0.717) is 12.5 Å². The van der Waals surface area contributed by atoms with E-state index in [1.165, 1.54) is 0 Å². The minimum Gasteiger partial charge on any atom is -0.383 e. The highest BCUT2D eigenvalue weighted by atomic mass is 35.5. The van der Waals surface area contributed by atoms with Crippen LogP contribution in [0.15, 0.2) is 6.33 Å². The van der Waals surface area contributed by atoms with Crippen LogP contribution in [0.25, 0.3) is 0 Å². The second kappa shape index (κ2) is 7.71. The van der Waals surface area contributed by atoms with Crippen molar-refractivity contribution in [2.24, 2.45) is 5.92 Å². The van der Waals surface area contributed by atoms with Gasteiger partial charge in [0.15, 0.2) is 0 Å². The highest BCUT2D eigenvalue weighted by molar-refractivity contribution is 6.20. The summed E-state index contributed by atoms with van der Waals surface area (Å²) in [5, 5.41) is 4.25. The van der Waals surface area contributed by atoms with Gasteiger partial charge in [-0.15, -0.1) is 11.6 Å². The van der Waals surface area contributed by atoms with E-state index in [-0.39, 0.29) is 5.38 Å². The zero-order valence-corrected chi connectivity index (χ0v) is 12.4. The highest BCUT2D eigenvalue weighted by Gasteiger charge is 2.12. The quantitative estimate of drug-likeness (QED) is 0.676. The van der Waals surface area contributed by atoms with Crippen LogP contribution in [0.4, 0.5) is 0 Å². The fourth-order valence-corrected chi connectivity index (χ4v) is 2.15. The number of nitrogens with zero attached hydrogens (tertiary/aromatic N) is 4. The first-order valence-electron chi connectivity index (χ1n) is 6.21. The van der Waals surface area contributed by atoms with Gasteiger partial charge in [-0.1, -0.05) is 13.8 Å². The molecule has 0 radical (unpaired) electrons. The van der Waals surface area contributed by atoms with Gasteiger partial charge >= 0.3 is 0 Å². The maximum Gasteiger partial charge on any atom is 0.141 e. The summed E-state index contributed by atoms with van der Waals surface area (Å²) in [5.41, 5.74) is 0. The van der Waals surface area contributed by atoms with Crippen molar-refractivity contribution in [2.75, 3.05) is 27.3 Å². The maximum atomic E-state index is 6.13. The molecule has 6 heteroatoms. The van der Waals surface area contributed by atoms with Gasteiger partial charge in [0.1, 0.15) is 12.2 Å². The van der Waals surface area contributed by atoms with Gasteiger partial charge in [0, 0.05) is 20.2 Å². The van der Waals surface area contributed by atoms with Gasteiger partial charge in [-0.05, 0) is 13.0 Å². The van der Waals surface area contributed by atoms with E-state index < -0.39 is 0 Å². The molecule has 0 amide bonds. The van der Waals surface area contributed by atoms with Gasteiger partial charge in [-0.3, -0.25) is 4.90 Å². The Morgan fingerprint density at radius 2 is 2.22 bits per heavy atom. The lowest BCUT2D eigenvalue weighted by atomic mass is 10.2. The van der Waals surface area contributed by atoms with Crippen LogP contribution >= 0.6 is 11.6 Å². The van der Waals surface area contributed by atoms with Gasteiger partial charge in [-0.25, -0.2) is 9.67 Å². The van der Waals surface area contributed by atoms with Gasteiger partial charge in [0.2, 0.25) is 0 Å². The van der Waals surface area contributed by atoms with Crippen molar-refractivity contribution in [1.82, 2.24) is 19.7 Å². The van der Waals surface area contributed by atoms with Gasteiger partial charge < -0.3 is 4.74 Å². The Hall–Kier alpha value is -0.650. The van der Waals surface area contributed by atoms with E-state index in [4.69, 9.17) is 16.3 Å². The third kappa shape index (κ3) is 5.33. The van der Waals surface area contributed by atoms with Crippen LogP contribution in [0.2, 0.25) is 0 Å². The Morgan fingerprint density at radius 1 is 1.50 bits per heavy atom. The number of hydrogen-bond acceptors (Lipinski definition) is 4. The third-order valence-corrected chi connectivity index (χ3v) is 2.77. The molecule has 0 aliphatic heterocycles. The van der Waals surface area contributed by atoms with E-state index in [0.717, 1.165) is 25.5 Å². The summed E-state index contributed by atoms with van der Waals surface area (Å²) >= 11 is 6.13. The van der Waals surface area contributed by atoms with E-state index in [2.05, 4.69) is 28.8 Å². The Morgan fingerprint density at radius 3 is 2.83 bits per heavy atom. The van der Waals surface area contributed by atoms with E-state index in [9.17, 15) is 0 Å². The summed E-state index contributed by atoms with van der Waals surface area (Å²) in [6.07, 6.45) is 1.61. The van der Waals surface area contributed by atoms with Gasteiger partial charge in [0.05, 0.1) is 18.5 Å². The lowest BCUT2D eigenvalue weighted by Crippen LogP contribution is -2.29. The molecule has 0 aromatic carbocycles. The smallest absolute Gasteiger partial charge is 0.141 e. The zero-order chi connectivity index (χ0) is 13.5. The first-order valence-corrected chi connectivity index (χ1v) is 6.64. The molecule has 104 valence electrons. The molecule has 1 rings (SSSR count). The average Bonchev–Trinajstić information content (AvgIpc) is 2.64. The van der Waals surface area contributed by atoms with Crippen molar-refractivity contribution in [3.05, 3.63) is 12.2 Å². The zero-order valence-electron chi connectivity index (χ0n) is 11.6. The molecule has 18 heavy (non-hydrogen) atoms. The summed E-state index contributed by atoms with van der Waals surface area (Å²) in [6, 6.07) is 0. The fourth-order valence-electron chi connectivity index (χ4n) is 1.79. The first kappa shape index (κ1) is 15.4. The molecule has 1 atom stereocenters. The van der Waals surface area contributed by atoms with E-state index >= 15 is 0 Å². The molecule has 0 aliphatic carbocycles. The molecule has 0 saturated carbocycles. The lowest BCUT2D eigenvalue weighted by Gasteiger charge is -2.19. The minimum atomic E-state index is 0.00136. The predicted molar refractivity (Wildman–Crippen MR) is 72.7 cm³/mol. The summed E-state index contributed by atoms with van der Waals surface area (Å²) in [7, 11) is 3.69. The number of aromatic nitrogens is 3. The molecule has 5 nitrogen and oxygen atoms in total. The predicted octanol–water partition coefficient (Wildman–Crippen LogP) is 1.62. The molecule has 0 spiro atoms. The largest absolute Gasteiger partial charge is 0.383 e. The van der Waals surface area contributed by atoms with E-state index in [1.54, 1.807) is 13.4 Å². The van der Waals surface area contributed by atoms with Crippen LogP contribution in [0.5, 0.6) is 0 Å². The van der Waals surface area contributed by atoms with Crippen LogP contribution in [0, 0.1) is 5.92 Å². The van der Waals surface area contributed by atoms with Crippen molar-refractivity contribution in [2.45, 2.75) is 32.3 Å². The second-order valence-electron chi connectivity index (χ2n) is 5.00.